The third kappa shape index (κ3) is 11.0. The molecule has 0 fully saturated rings. The molecule has 0 aromatic heterocycles. The van der Waals surface area contributed by atoms with E-state index in [2.05, 4.69) is 13.2 Å². The van der Waals surface area contributed by atoms with Crippen LogP contribution in [0.2, 0.25) is 0 Å². The van der Waals surface area contributed by atoms with Crippen LogP contribution in [-0.2, 0) is 14.3 Å². The van der Waals surface area contributed by atoms with E-state index in [0.717, 1.165) is 25.9 Å². The second-order valence-corrected chi connectivity index (χ2v) is 4.08. The van der Waals surface area contributed by atoms with Crippen LogP contribution in [0.25, 0.3) is 0 Å². The average molecular weight is 240 g/mol. The zero-order chi connectivity index (χ0) is 12.9. The van der Waals surface area contributed by atoms with Crippen LogP contribution in [0.1, 0.15) is 45.4 Å². The van der Waals surface area contributed by atoms with Gasteiger partial charge >= 0.3 is 5.97 Å². The fourth-order valence-corrected chi connectivity index (χ4v) is 1.37. The molecule has 0 aliphatic carbocycles. The van der Waals surface area contributed by atoms with Gasteiger partial charge in [-0.05, 0) is 19.8 Å². The van der Waals surface area contributed by atoms with Crippen molar-refractivity contribution in [1.82, 2.24) is 0 Å². The first-order valence-electron chi connectivity index (χ1n) is 6.23. The monoisotopic (exact) mass is 240 g/mol. The normalized spacial score (nSPS) is 9.71. The van der Waals surface area contributed by atoms with Crippen LogP contribution in [0, 0.1) is 0 Å². The van der Waals surface area contributed by atoms with E-state index >= 15 is 0 Å². The maximum Gasteiger partial charge on any atom is 0.333 e. The van der Waals surface area contributed by atoms with Crippen LogP contribution in [-0.4, -0.2) is 19.2 Å². The number of esters is 1. The second-order valence-electron chi connectivity index (χ2n) is 4.08. The Labute approximate surface area is 104 Å². The van der Waals surface area contributed by atoms with E-state index < -0.39 is 0 Å². The van der Waals surface area contributed by atoms with Gasteiger partial charge in [0.15, 0.2) is 0 Å². The number of hydrogen-bond acceptors (Lipinski definition) is 3. The van der Waals surface area contributed by atoms with Gasteiger partial charge in [0, 0.05) is 5.57 Å². The minimum absolute atomic E-state index is 0.286. The van der Waals surface area contributed by atoms with Crippen LogP contribution in [0.3, 0.4) is 0 Å². The molecule has 3 nitrogen and oxygen atoms in total. The molecular formula is C14H24O3. The molecule has 0 aliphatic heterocycles. The lowest BCUT2D eigenvalue weighted by Crippen LogP contribution is -2.05. The molecule has 0 rings (SSSR count). The average Bonchev–Trinajstić information content (AvgIpc) is 2.31. The number of hydrogen-bond donors (Lipinski definition) is 0. The maximum absolute atomic E-state index is 11.0. The van der Waals surface area contributed by atoms with Crippen molar-refractivity contribution in [2.45, 2.75) is 45.4 Å². The molecule has 0 aromatic carbocycles. The summed E-state index contributed by atoms with van der Waals surface area (Å²) >= 11 is 0. The summed E-state index contributed by atoms with van der Waals surface area (Å²) in [5.41, 5.74) is 0.465. The van der Waals surface area contributed by atoms with Crippen molar-refractivity contribution in [1.29, 1.82) is 0 Å². The molecule has 0 heterocycles. The van der Waals surface area contributed by atoms with Gasteiger partial charge in [-0.25, -0.2) is 4.79 Å². The summed E-state index contributed by atoms with van der Waals surface area (Å²) in [5.74, 6) is -0.286. The van der Waals surface area contributed by atoms with E-state index in [1.807, 2.05) is 0 Å². The van der Waals surface area contributed by atoms with E-state index in [1.165, 1.54) is 25.5 Å². The van der Waals surface area contributed by atoms with Crippen LogP contribution in [0.5, 0.6) is 0 Å². The Balaban J connectivity index is 3.11. The molecule has 3 heteroatoms. The number of unbranched alkanes of at least 4 members (excludes halogenated alkanes) is 5. The van der Waals surface area contributed by atoms with Gasteiger partial charge in [0.05, 0.1) is 19.5 Å². The maximum atomic E-state index is 11.0. The summed E-state index contributed by atoms with van der Waals surface area (Å²) in [6, 6.07) is 0. The van der Waals surface area contributed by atoms with Crippen molar-refractivity contribution >= 4 is 5.97 Å². The van der Waals surface area contributed by atoms with E-state index in [1.54, 1.807) is 6.92 Å². The largest absolute Gasteiger partial charge is 0.502 e. The Kier molecular flexibility index (Phi) is 10.4. The highest BCUT2D eigenvalue weighted by Gasteiger charge is 2.01. The lowest BCUT2D eigenvalue weighted by Gasteiger charge is -2.04. The van der Waals surface area contributed by atoms with Gasteiger partial charge in [-0.1, -0.05) is 38.8 Å². The van der Waals surface area contributed by atoms with Gasteiger partial charge in [0.2, 0.25) is 0 Å². The molecule has 0 aromatic rings. The molecular weight excluding hydrogens is 216 g/mol. The van der Waals surface area contributed by atoms with Crippen molar-refractivity contribution in [3.05, 3.63) is 25.0 Å². The molecule has 0 N–H and O–H groups in total. The second kappa shape index (κ2) is 11.2. The summed E-state index contributed by atoms with van der Waals surface area (Å²) in [6.45, 7) is 9.94. The topological polar surface area (TPSA) is 35.5 Å². The summed E-state index contributed by atoms with van der Waals surface area (Å²) in [5, 5.41) is 0. The molecule has 0 aliphatic rings. The van der Waals surface area contributed by atoms with Crippen LogP contribution in [0.15, 0.2) is 25.0 Å². The third-order valence-electron chi connectivity index (χ3n) is 2.36. The van der Waals surface area contributed by atoms with Crippen molar-refractivity contribution in [2.75, 3.05) is 13.2 Å². The highest BCUT2D eigenvalue weighted by atomic mass is 16.5. The molecule has 98 valence electrons. The summed E-state index contributed by atoms with van der Waals surface area (Å²) in [4.78, 5) is 11.0. The van der Waals surface area contributed by atoms with Gasteiger partial charge in [-0.15, -0.1) is 0 Å². The van der Waals surface area contributed by atoms with Crippen molar-refractivity contribution in [3.63, 3.8) is 0 Å². The SMILES string of the molecule is C=COCCCCCCCCOC(=O)C(=C)C. The van der Waals surface area contributed by atoms with Gasteiger partial charge in [0.1, 0.15) is 0 Å². The van der Waals surface area contributed by atoms with Gasteiger partial charge in [0.25, 0.3) is 0 Å². The molecule has 0 spiro atoms. The van der Waals surface area contributed by atoms with Crippen molar-refractivity contribution in [2.24, 2.45) is 0 Å². The predicted molar refractivity (Wildman–Crippen MR) is 69.6 cm³/mol. The smallest absolute Gasteiger partial charge is 0.333 e. The molecule has 0 amide bonds. The minimum atomic E-state index is -0.286. The van der Waals surface area contributed by atoms with E-state index in [4.69, 9.17) is 9.47 Å². The van der Waals surface area contributed by atoms with E-state index in [-0.39, 0.29) is 5.97 Å². The Morgan fingerprint density at radius 1 is 1.06 bits per heavy atom. The predicted octanol–water partition coefficient (Wildman–Crippen LogP) is 3.61. The highest BCUT2D eigenvalue weighted by Crippen LogP contribution is 2.06. The fraction of sp³-hybridized carbons (Fsp3) is 0.643. The number of carbonyl (C=O) groups is 1. The molecule has 0 unspecified atom stereocenters. The molecule has 0 atom stereocenters. The number of rotatable bonds is 11. The van der Waals surface area contributed by atoms with Crippen LogP contribution in [0.4, 0.5) is 0 Å². The Hall–Kier alpha value is -1.25. The van der Waals surface area contributed by atoms with Crippen molar-refractivity contribution < 1.29 is 14.3 Å². The van der Waals surface area contributed by atoms with Gasteiger partial charge < -0.3 is 9.47 Å². The van der Waals surface area contributed by atoms with Gasteiger partial charge in [-0.3, -0.25) is 0 Å². The van der Waals surface area contributed by atoms with E-state index in [9.17, 15) is 4.79 Å². The Morgan fingerprint density at radius 3 is 2.12 bits per heavy atom. The van der Waals surface area contributed by atoms with E-state index in [0.29, 0.717) is 12.2 Å². The zero-order valence-corrected chi connectivity index (χ0v) is 10.9. The lowest BCUT2D eigenvalue weighted by molar-refractivity contribution is -0.139. The summed E-state index contributed by atoms with van der Waals surface area (Å²) in [7, 11) is 0. The molecule has 0 saturated heterocycles. The Bertz CT molecular complexity index is 234. The summed E-state index contributed by atoms with van der Waals surface area (Å²) < 4.78 is 10.0. The third-order valence-corrected chi connectivity index (χ3v) is 2.36. The Morgan fingerprint density at radius 2 is 1.59 bits per heavy atom. The van der Waals surface area contributed by atoms with Gasteiger partial charge in [-0.2, -0.15) is 0 Å². The first-order valence-corrected chi connectivity index (χ1v) is 6.23. The standard InChI is InChI=1S/C14H24O3/c1-4-16-11-9-7-5-6-8-10-12-17-14(15)13(2)3/h4H,1-2,5-12H2,3H3. The first kappa shape index (κ1) is 15.8. The first-order chi connectivity index (χ1) is 8.18. The fourth-order valence-electron chi connectivity index (χ4n) is 1.37. The molecule has 0 saturated carbocycles. The zero-order valence-electron chi connectivity index (χ0n) is 10.9. The summed E-state index contributed by atoms with van der Waals surface area (Å²) in [6.07, 6.45) is 8.16. The van der Waals surface area contributed by atoms with Crippen LogP contribution < -0.4 is 0 Å². The van der Waals surface area contributed by atoms with Crippen molar-refractivity contribution in [3.8, 4) is 0 Å². The van der Waals surface area contributed by atoms with Crippen LogP contribution >= 0.6 is 0 Å². The highest BCUT2D eigenvalue weighted by molar-refractivity contribution is 5.86. The number of ether oxygens (including phenoxy) is 2. The lowest BCUT2D eigenvalue weighted by atomic mass is 10.1. The minimum Gasteiger partial charge on any atom is -0.502 e. The number of carbonyl (C=O) groups excluding carboxylic acids is 1. The molecule has 0 radical (unpaired) electrons. The molecule has 17 heavy (non-hydrogen) atoms. The quantitative estimate of drug-likeness (QED) is 0.239. The molecule has 0 bridgehead atoms.